The number of aromatic nitrogens is 3. The van der Waals surface area contributed by atoms with E-state index in [9.17, 15) is 0 Å². The van der Waals surface area contributed by atoms with Gasteiger partial charge in [0.05, 0.1) is 6.04 Å². The fourth-order valence-corrected chi connectivity index (χ4v) is 3.24. The van der Waals surface area contributed by atoms with Gasteiger partial charge in [0.15, 0.2) is 0 Å². The van der Waals surface area contributed by atoms with E-state index in [0.717, 1.165) is 37.6 Å². The molecule has 1 N–H and O–H groups in total. The molecule has 0 saturated heterocycles. The van der Waals surface area contributed by atoms with Gasteiger partial charge in [-0.3, -0.25) is 0 Å². The smallest absolute Gasteiger partial charge is 0.149 e. The van der Waals surface area contributed by atoms with Crippen LogP contribution in [0.15, 0.2) is 24.3 Å². The average molecular weight is 312 g/mol. The van der Waals surface area contributed by atoms with Crippen molar-refractivity contribution in [2.24, 2.45) is 0 Å². The van der Waals surface area contributed by atoms with Crippen LogP contribution in [-0.4, -0.2) is 21.3 Å². The lowest BCUT2D eigenvalue weighted by Crippen LogP contribution is -2.25. The molecule has 0 radical (unpaired) electrons. The minimum Gasteiger partial charge on any atom is -0.314 e. The van der Waals surface area contributed by atoms with Crippen molar-refractivity contribution in [2.45, 2.75) is 65.0 Å². The van der Waals surface area contributed by atoms with Crippen LogP contribution < -0.4 is 5.32 Å². The van der Waals surface area contributed by atoms with Gasteiger partial charge in [-0.15, -0.1) is 10.2 Å². The van der Waals surface area contributed by atoms with Gasteiger partial charge in [-0.1, -0.05) is 38.1 Å². The molecule has 1 aliphatic heterocycles. The van der Waals surface area contributed by atoms with Gasteiger partial charge in [0.25, 0.3) is 0 Å². The Hall–Kier alpha value is -1.68. The summed E-state index contributed by atoms with van der Waals surface area (Å²) >= 11 is 0. The number of nitrogens with one attached hydrogen (secondary N) is 1. The minimum atomic E-state index is 0.254. The lowest BCUT2D eigenvalue weighted by Gasteiger charge is -2.18. The van der Waals surface area contributed by atoms with E-state index in [1.54, 1.807) is 0 Å². The van der Waals surface area contributed by atoms with Crippen LogP contribution in [0, 0.1) is 0 Å². The molecule has 1 aliphatic rings. The van der Waals surface area contributed by atoms with Crippen molar-refractivity contribution in [3.8, 4) is 0 Å². The molecule has 4 nitrogen and oxygen atoms in total. The number of aryl methyl sites for hydroxylation is 1. The SMILES string of the molecule is CC(C)c1ccc(CCNC(C)c2nnc3n2CCCC3)cc1. The first kappa shape index (κ1) is 16.2. The second-order valence-corrected chi connectivity index (χ2v) is 6.91. The predicted molar refractivity (Wildman–Crippen MR) is 93.6 cm³/mol. The molecule has 1 unspecified atom stereocenters. The van der Waals surface area contributed by atoms with Crippen molar-refractivity contribution in [2.75, 3.05) is 6.54 Å². The number of hydrogen-bond donors (Lipinski definition) is 1. The van der Waals surface area contributed by atoms with E-state index >= 15 is 0 Å². The van der Waals surface area contributed by atoms with Crippen molar-refractivity contribution in [1.29, 1.82) is 0 Å². The molecule has 0 saturated carbocycles. The summed E-state index contributed by atoms with van der Waals surface area (Å²) < 4.78 is 2.30. The van der Waals surface area contributed by atoms with Crippen LogP contribution in [0.1, 0.15) is 68.3 Å². The first-order chi connectivity index (χ1) is 11.1. The van der Waals surface area contributed by atoms with Gasteiger partial charge in [-0.2, -0.15) is 0 Å². The van der Waals surface area contributed by atoms with E-state index in [2.05, 4.69) is 65.1 Å². The lowest BCUT2D eigenvalue weighted by atomic mass is 10.0. The zero-order valence-corrected chi connectivity index (χ0v) is 14.5. The Balaban J connectivity index is 1.53. The van der Waals surface area contributed by atoms with Crippen LogP contribution in [0.4, 0.5) is 0 Å². The van der Waals surface area contributed by atoms with Gasteiger partial charge in [0.1, 0.15) is 11.6 Å². The van der Waals surface area contributed by atoms with Crippen LogP contribution >= 0.6 is 0 Å². The molecule has 1 aromatic heterocycles. The summed E-state index contributed by atoms with van der Waals surface area (Å²) in [5.41, 5.74) is 2.79. The molecule has 0 fully saturated rings. The predicted octanol–water partition coefficient (Wildman–Crippen LogP) is 3.63. The summed E-state index contributed by atoms with van der Waals surface area (Å²) in [7, 11) is 0. The molecule has 0 bridgehead atoms. The van der Waals surface area contributed by atoms with Gasteiger partial charge < -0.3 is 9.88 Å². The average Bonchev–Trinajstić information content (AvgIpc) is 2.99. The summed E-state index contributed by atoms with van der Waals surface area (Å²) in [4.78, 5) is 0. The first-order valence-electron chi connectivity index (χ1n) is 8.89. The van der Waals surface area contributed by atoms with E-state index in [1.807, 2.05) is 0 Å². The van der Waals surface area contributed by atoms with E-state index in [-0.39, 0.29) is 6.04 Å². The Bertz CT molecular complexity index is 627. The molecule has 4 heteroatoms. The molecule has 2 heterocycles. The van der Waals surface area contributed by atoms with Gasteiger partial charge in [0, 0.05) is 13.0 Å². The zero-order chi connectivity index (χ0) is 16.2. The molecular weight excluding hydrogens is 284 g/mol. The van der Waals surface area contributed by atoms with Gasteiger partial charge >= 0.3 is 0 Å². The second-order valence-electron chi connectivity index (χ2n) is 6.91. The maximum absolute atomic E-state index is 4.40. The van der Waals surface area contributed by atoms with Crippen LogP contribution in [0.3, 0.4) is 0 Å². The third-order valence-electron chi connectivity index (χ3n) is 4.79. The molecule has 1 atom stereocenters. The van der Waals surface area contributed by atoms with Crippen molar-refractivity contribution in [1.82, 2.24) is 20.1 Å². The van der Waals surface area contributed by atoms with Crippen LogP contribution in [0.5, 0.6) is 0 Å². The Morgan fingerprint density at radius 1 is 1.09 bits per heavy atom. The molecule has 1 aromatic carbocycles. The highest BCUT2D eigenvalue weighted by molar-refractivity contribution is 5.24. The summed E-state index contributed by atoms with van der Waals surface area (Å²) in [6.07, 6.45) is 4.60. The van der Waals surface area contributed by atoms with Crippen molar-refractivity contribution < 1.29 is 0 Å². The number of rotatable bonds is 6. The standard InChI is InChI=1S/C19H28N4/c1-14(2)17-9-7-16(8-10-17)11-12-20-15(3)19-22-21-18-6-4-5-13-23(18)19/h7-10,14-15,20H,4-6,11-13H2,1-3H3. The summed E-state index contributed by atoms with van der Waals surface area (Å²) in [6, 6.07) is 9.25. The molecule has 23 heavy (non-hydrogen) atoms. The third-order valence-corrected chi connectivity index (χ3v) is 4.79. The van der Waals surface area contributed by atoms with Gasteiger partial charge in [-0.05, 0) is 49.8 Å². The van der Waals surface area contributed by atoms with Crippen LogP contribution in [-0.2, 0) is 19.4 Å². The summed E-state index contributed by atoms with van der Waals surface area (Å²) in [6.45, 7) is 8.69. The lowest BCUT2D eigenvalue weighted by molar-refractivity contribution is 0.467. The van der Waals surface area contributed by atoms with Crippen LogP contribution in [0.2, 0.25) is 0 Å². The van der Waals surface area contributed by atoms with Crippen molar-refractivity contribution >= 4 is 0 Å². The first-order valence-corrected chi connectivity index (χ1v) is 8.89. The van der Waals surface area contributed by atoms with E-state index < -0.39 is 0 Å². The molecule has 2 aromatic rings. The molecule has 0 spiro atoms. The second kappa shape index (κ2) is 7.26. The highest BCUT2D eigenvalue weighted by atomic mass is 15.3. The topological polar surface area (TPSA) is 42.7 Å². The quantitative estimate of drug-likeness (QED) is 0.885. The number of fused-ring (bicyclic) bond motifs is 1. The molecular formula is C19H28N4. The molecule has 3 rings (SSSR count). The Labute approximate surface area is 139 Å². The van der Waals surface area contributed by atoms with Gasteiger partial charge in [0.2, 0.25) is 0 Å². The monoisotopic (exact) mass is 312 g/mol. The molecule has 0 aliphatic carbocycles. The Kier molecular flexibility index (Phi) is 5.11. The maximum Gasteiger partial charge on any atom is 0.149 e. The minimum absolute atomic E-state index is 0.254. The highest BCUT2D eigenvalue weighted by Crippen LogP contribution is 2.19. The van der Waals surface area contributed by atoms with E-state index in [4.69, 9.17) is 0 Å². The number of hydrogen-bond acceptors (Lipinski definition) is 3. The fourth-order valence-electron chi connectivity index (χ4n) is 3.24. The zero-order valence-electron chi connectivity index (χ0n) is 14.5. The van der Waals surface area contributed by atoms with E-state index in [0.29, 0.717) is 5.92 Å². The highest BCUT2D eigenvalue weighted by Gasteiger charge is 2.19. The number of benzene rings is 1. The molecule has 0 amide bonds. The Morgan fingerprint density at radius 3 is 2.61 bits per heavy atom. The fraction of sp³-hybridized carbons (Fsp3) is 0.579. The van der Waals surface area contributed by atoms with Gasteiger partial charge in [-0.25, -0.2) is 0 Å². The van der Waals surface area contributed by atoms with E-state index in [1.165, 1.54) is 24.0 Å². The van der Waals surface area contributed by atoms with Crippen molar-refractivity contribution in [3.63, 3.8) is 0 Å². The largest absolute Gasteiger partial charge is 0.314 e. The molecule has 124 valence electrons. The van der Waals surface area contributed by atoms with Crippen molar-refractivity contribution in [3.05, 3.63) is 47.0 Å². The summed E-state index contributed by atoms with van der Waals surface area (Å²) in [5, 5.41) is 12.3. The van der Waals surface area contributed by atoms with Crippen LogP contribution in [0.25, 0.3) is 0 Å². The third kappa shape index (κ3) is 3.81. The summed E-state index contributed by atoms with van der Waals surface area (Å²) in [5.74, 6) is 2.85. The Morgan fingerprint density at radius 2 is 1.87 bits per heavy atom. The number of nitrogens with zero attached hydrogens (tertiary/aromatic N) is 3. The normalized spacial score (nSPS) is 15.7. The maximum atomic E-state index is 4.40.